The first-order valence-electron chi connectivity index (χ1n) is 2.06. The van der Waals surface area contributed by atoms with E-state index in [1.54, 1.807) is 0 Å². The Kier molecular flexibility index (Phi) is 24.3. The molecule has 0 spiro atoms. The first kappa shape index (κ1) is 25.3. The van der Waals surface area contributed by atoms with E-state index in [0.717, 1.165) is 0 Å². The number of hydrogen-bond donors (Lipinski definition) is 0. The third-order valence-electron chi connectivity index (χ3n) is 0.243. The van der Waals surface area contributed by atoms with E-state index in [-0.39, 0.29) is 14.9 Å². The molecule has 0 fully saturated rings. The van der Waals surface area contributed by atoms with Crippen molar-refractivity contribution in [2.45, 2.75) is 14.9 Å². The largest absolute Gasteiger partial charge is 0.788 e. The number of nitrogens with zero attached hydrogens (tertiary/aromatic N) is 2. The quantitative estimate of drug-likeness (QED) is 0.600. The van der Waals surface area contributed by atoms with Gasteiger partial charge in [0.25, 0.3) is 0 Å². The average Bonchev–Trinajstić information content (AvgIpc) is 1.79. The molecule has 0 saturated heterocycles. The van der Waals surface area contributed by atoms with Gasteiger partial charge in [-0.25, -0.2) is 0 Å². The molecule has 0 aromatic heterocycles. The van der Waals surface area contributed by atoms with Crippen molar-refractivity contribution in [2.24, 2.45) is 0 Å². The molecule has 0 aromatic carbocycles. The van der Waals surface area contributed by atoms with Crippen molar-refractivity contribution in [3.05, 3.63) is 8.25 Å². The van der Waals surface area contributed by atoms with Gasteiger partial charge in [-0.05, 0) is 0 Å². The minimum atomic E-state index is -2.83. The topological polar surface area (TPSA) is 189 Å². The molecule has 0 rings (SSSR count). The zero-order valence-corrected chi connectivity index (χ0v) is 9.06. The van der Waals surface area contributed by atoms with Crippen molar-refractivity contribution < 1.29 is 35.0 Å². The van der Waals surface area contributed by atoms with E-state index in [1.165, 1.54) is 0 Å². The SMILES string of the molecule is C.C.O=S([O-])[N-]S(=O)[O-].O=S([O-])[N-]S(=O)[O-]. The summed E-state index contributed by atoms with van der Waals surface area (Å²) < 4.78 is 78.2. The monoisotopic (exact) mass is 316 g/mol. The second-order valence-electron chi connectivity index (χ2n) is 1.02. The normalized spacial score (nSPS) is 16.2. The summed E-state index contributed by atoms with van der Waals surface area (Å²) in [6, 6.07) is 0. The van der Waals surface area contributed by atoms with Crippen molar-refractivity contribution in [3.8, 4) is 0 Å². The van der Waals surface area contributed by atoms with Crippen LogP contribution in [0.3, 0.4) is 0 Å². The summed E-state index contributed by atoms with van der Waals surface area (Å²) in [6.07, 6.45) is 0. The lowest BCUT2D eigenvalue weighted by molar-refractivity contribution is 0.532. The van der Waals surface area contributed by atoms with Gasteiger partial charge in [-0.2, -0.15) is 45.1 Å². The van der Waals surface area contributed by atoms with E-state index < -0.39 is 45.1 Å². The fraction of sp³-hybridized carbons (Fsp3) is 1.00. The minimum absolute atomic E-state index is 0. The maximum atomic E-state index is 9.25. The average molecular weight is 316 g/mol. The molecule has 0 radical (unpaired) electrons. The van der Waals surface area contributed by atoms with Crippen LogP contribution in [0.4, 0.5) is 0 Å². The molecular weight excluding hydrogens is 308 g/mol. The van der Waals surface area contributed by atoms with E-state index in [4.69, 9.17) is 0 Å². The highest BCUT2D eigenvalue weighted by atomic mass is 32.3. The third kappa shape index (κ3) is 36.7. The van der Waals surface area contributed by atoms with Crippen LogP contribution in [0, 0.1) is 0 Å². The van der Waals surface area contributed by atoms with Crippen LogP contribution in [-0.4, -0.2) is 35.0 Å². The van der Waals surface area contributed by atoms with Crippen molar-refractivity contribution in [2.75, 3.05) is 0 Å². The lowest BCUT2D eigenvalue weighted by atomic mass is 12.0. The fourth-order valence-corrected chi connectivity index (χ4v) is 0.894. The molecule has 0 bridgehead atoms. The van der Waals surface area contributed by atoms with Crippen LogP contribution < -0.4 is 0 Å². The summed E-state index contributed by atoms with van der Waals surface area (Å²) in [5, 5.41) is 0. The number of rotatable bonds is 4. The molecule has 0 aliphatic carbocycles. The maximum absolute atomic E-state index is 9.25. The molecule has 104 valence electrons. The van der Waals surface area contributed by atoms with Crippen LogP contribution >= 0.6 is 0 Å². The van der Waals surface area contributed by atoms with Crippen LogP contribution in [0.5, 0.6) is 0 Å². The molecule has 4 atom stereocenters. The Hall–Kier alpha value is 0.360. The van der Waals surface area contributed by atoms with E-state index in [9.17, 15) is 35.0 Å². The summed E-state index contributed by atoms with van der Waals surface area (Å²) in [7, 11) is 0. The van der Waals surface area contributed by atoms with Crippen molar-refractivity contribution in [1.29, 1.82) is 0 Å². The van der Waals surface area contributed by atoms with Crippen LogP contribution in [0.2, 0.25) is 0 Å². The van der Waals surface area contributed by atoms with Crippen LogP contribution in [0.1, 0.15) is 14.9 Å². The Labute approximate surface area is 103 Å². The molecule has 0 saturated carbocycles. The van der Waals surface area contributed by atoms with Crippen LogP contribution in [-0.2, 0) is 45.1 Å². The Bertz CT molecular complexity index is 206. The Morgan fingerprint density at radius 2 is 0.688 bits per heavy atom. The summed E-state index contributed by atoms with van der Waals surface area (Å²) in [6.45, 7) is 0. The summed E-state index contributed by atoms with van der Waals surface area (Å²) >= 11 is -11.3. The van der Waals surface area contributed by atoms with E-state index in [2.05, 4.69) is 8.25 Å². The van der Waals surface area contributed by atoms with Gasteiger partial charge in [-0.1, -0.05) is 14.9 Å². The zero-order valence-electron chi connectivity index (χ0n) is 5.79. The van der Waals surface area contributed by atoms with Gasteiger partial charge < -0.3 is 26.5 Å². The molecule has 0 N–H and O–H groups in total. The van der Waals surface area contributed by atoms with Crippen molar-refractivity contribution in [3.63, 3.8) is 0 Å². The molecule has 14 heteroatoms. The standard InChI is InChI=1S/2CH4.2H2NO4S2/c;;2*2-6(3)1-7(4)5/h2*1H4;2*(H,2,3)(H,4,5)/q;;2*-1/p-4. The molecule has 4 unspecified atom stereocenters. The minimum Gasteiger partial charge on any atom is -0.788 e. The highest BCUT2D eigenvalue weighted by molar-refractivity contribution is 8.01. The van der Waals surface area contributed by atoms with Gasteiger partial charge in [0.2, 0.25) is 0 Å². The highest BCUT2D eigenvalue weighted by Crippen LogP contribution is 1.91. The Morgan fingerprint density at radius 1 is 0.562 bits per heavy atom. The van der Waals surface area contributed by atoms with Crippen molar-refractivity contribution in [1.82, 2.24) is 0 Å². The van der Waals surface area contributed by atoms with Gasteiger partial charge in [0.05, 0.1) is 0 Å². The smallest absolute Gasteiger partial charge is 0.0776 e. The first-order chi connectivity index (χ1) is 6.25. The summed E-state index contributed by atoms with van der Waals surface area (Å²) in [5.41, 5.74) is 0. The summed E-state index contributed by atoms with van der Waals surface area (Å²) in [5.74, 6) is 0. The molecule has 0 aromatic rings. The molecule has 10 nitrogen and oxygen atoms in total. The molecular formula is C2H8N2O8S4-6. The van der Waals surface area contributed by atoms with E-state index >= 15 is 0 Å². The van der Waals surface area contributed by atoms with E-state index in [0.29, 0.717) is 0 Å². The first-order valence-corrected chi connectivity index (χ1v) is 6.19. The molecule has 0 aliphatic rings. The van der Waals surface area contributed by atoms with Gasteiger partial charge in [0.15, 0.2) is 0 Å². The van der Waals surface area contributed by atoms with Gasteiger partial charge in [0.1, 0.15) is 0 Å². The maximum Gasteiger partial charge on any atom is -0.0776 e. The third-order valence-corrected chi connectivity index (χ3v) is 2.19. The zero-order chi connectivity index (χ0) is 11.7. The van der Waals surface area contributed by atoms with Crippen LogP contribution in [0.25, 0.3) is 8.25 Å². The highest BCUT2D eigenvalue weighted by Gasteiger charge is 1.54. The van der Waals surface area contributed by atoms with Gasteiger partial charge in [-0.3, -0.25) is 16.8 Å². The summed E-state index contributed by atoms with van der Waals surface area (Å²) in [4.78, 5) is 0. The van der Waals surface area contributed by atoms with Gasteiger partial charge >= 0.3 is 0 Å². The van der Waals surface area contributed by atoms with Crippen LogP contribution in [0.15, 0.2) is 0 Å². The van der Waals surface area contributed by atoms with E-state index in [1.807, 2.05) is 0 Å². The van der Waals surface area contributed by atoms with Gasteiger partial charge in [0, 0.05) is 0 Å². The second kappa shape index (κ2) is 15.4. The Balaban J connectivity index is -0.0000000800. The molecule has 0 heterocycles. The molecule has 0 amide bonds. The lowest BCUT2D eigenvalue weighted by Crippen LogP contribution is -1.89. The fourth-order valence-electron chi connectivity index (χ4n) is 0.0994. The number of hydrogen-bond acceptors (Lipinski definition) is 8. The predicted octanol–water partition coefficient (Wildman–Crippen LogP) is -0.831. The molecule has 16 heavy (non-hydrogen) atoms. The Morgan fingerprint density at radius 3 is 0.688 bits per heavy atom. The van der Waals surface area contributed by atoms with Gasteiger partial charge in [-0.15, -0.1) is 0 Å². The lowest BCUT2D eigenvalue weighted by Gasteiger charge is -2.25. The predicted molar refractivity (Wildman–Crippen MR) is 55.9 cm³/mol. The second-order valence-corrected chi connectivity index (χ2v) is 3.95. The van der Waals surface area contributed by atoms with Crippen molar-refractivity contribution >= 4 is 45.1 Å². The molecule has 0 aliphatic heterocycles.